The van der Waals surface area contributed by atoms with Crippen LogP contribution in [0.4, 0.5) is 11.1 Å². The second-order valence-electron chi connectivity index (χ2n) is 4.09. The number of nitrogens with zero attached hydrogens (tertiary/aromatic N) is 6. The van der Waals surface area contributed by atoms with E-state index >= 15 is 0 Å². The summed E-state index contributed by atoms with van der Waals surface area (Å²) < 4.78 is 5.12. The van der Waals surface area contributed by atoms with Gasteiger partial charge in [-0.1, -0.05) is 11.3 Å². The van der Waals surface area contributed by atoms with E-state index in [0.29, 0.717) is 5.88 Å². The Morgan fingerprint density at radius 1 is 1.21 bits per heavy atom. The Balaban J connectivity index is 1.66. The summed E-state index contributed by atoms with van der Waals surface area (Å²) in [7, 11) is 1.61. The van der Waals surface area contributed by atoms with E-state index in [0.717, 1.165) is 37.3 Å². The highest BCUT2D eigenvalue weighted by molar-refractivity contribution is 7.13. The number of ether oxygens (including phenoxy) is 1. The summed E-state index contributed by atoms with van der Waals surface area (Å²) in [6.07, 6.45) is 1.72. The van der Waals surface area contributed by atoms with Crippen molar-refractivity contribution in [3.63, 3.8) is 0 Å². The third kappa shape index (κ3) is 2.58. The van der Waals surface area contributed by atoms with Crippen LogP contribution in [0, 0.1) is 0 Å². The average molecular weight is 278 g/mol. The third-order valence-corrected chi connectivity index (χ3v) is 3.76. The molecule has 2 aromatic heterocycles. The molecule has 0 saturated carbocycles. The van der Waals surface area contributed by atoms with Crippen molar-refractivity contribution in [2.75, 3.05) is 43.1 Å². The van der Waals surface area contributed by atoms with Gasteiger partial charge < -0.3 is 14.5 Å². The number of hydrogen-bond acceptors (Lipinski definition) is 8. The molecule has 0 aromatic carbocycles. The maximum Gasteiger partial charge on any atom is 0.228 e. The minimum absolute atomic E-state index is 0.594. The first kappa shape index (κ1) is 12.1. The minimum atomic E-state index is 0.594. The molecule has 0 bridgehead atoms. The molecular weight excluding hydrogens is 264 g/mol. The van der Waals surface area contributed by atoms with E-state index in [1.54, 1.807) is 36.2 Å². The van der Waals surface area contributed by atoms with Crippen molar-refractivity contribution in [1.29, 1.82) is 0 Å². The van der Waals surface area contributed by atoms with Crippen molar-refractivity contribution < 1.29 is 4.74 Å². The molecule has 1 aliphatic rings. The SMILES string of the molecule is COc1ccnc(N2CCN(c3nncs3)CC2)n1. The van der Waals surface area contributed by atoms with Gasteiger partial charge in [0.15, 0.2) is 0 Å². The van der Waals surface area contributed by atoms with Crippen LogP contribution in [-0.4, -0.2) is 53.5 Å². The molecule has 3 heterocycles. The molecule has 0 amide bonds. The van der Waals surface area contributed by atoms with E-state index in [1.165, 1.54) is 0 Å². The Hall–Kier alpha value is -1.96. The summed E-state index contributed by atoms with van der Waals surface area (Å²) in [5.41, 5.74) is 1.76. The molecule has 1 saturated heterocycles. The van der Waals surface area contributed by atoms with Crippen LogP contribution in [0.3, 0.4) is 0 Å². The molecule has 0 unspecified atom stereocenters. The monoisotopic (exact) mass is 278 g/mol. The Morgan fingerprint density at radius 3 is 2.68 bits per heavy atom. The van der Waals surface area contributed by atoms with Crippen molar-refractivity contribution in [2.45, 2.75) is 0 Å². The molecule has 2 aromatic rings. The average Bonchev–Trinajstić information content (AvgIpc) is 3.02. The van der Waals surface area contributed by atoms with Crippen molar-refractivity contribution in [3.05, 3.63) is 17.8 Å². The van der Waals surface area contributed by atoms with Crippen LogP contribution < -0.4 is 14.5 Å². The zero-order valence-corrected chi connectivity index (χ0v) is 11.4. The molecule has 7 nitrogen and oxygen atoms in total. The summed E-state index contributed by atoms with van der Waals surface area (Å²) in [6, 6.07) is 1.75. The lowest BCUT2D eigenvalue weighted by molar-refractivity contribution is 0.396. The van der Waals surface area contributed by atoms with E-state index in [4.69, 9.17) is 4.74 Å². The van der Waals surface area contributed by atoms with Gasteiger partial charge in [0, 0.05) is 38.4 Å². The maximum absolute atomic E-state index is 5.12. The van der Waals surface area contributed by atoms with Crippen LogP contribution in [-0.2, 0) is 0 Å². The van der Waals surface area contributed by atoms with Crippen LogP contribution in [0.1, 0.15) is 0 Å². The Labute approximate surface area is 114 Å². The minimum Gasteiger partial charge on any atom is -0.481 e. The molecule has 0 spiro atoms. The largest absolute Gasteiger partial charge is 0.481 e. The fourth-order valence-electron chi connectivity index (χ4n) is 2.00. The first-order valence-corrected chi connectivity index (χ1v) is 6.88. The predicted octanol–water partition coefficient (Wildman–Crippen LogP) is 0.663. The second kappa shape index (κ2) is 5.35. The van der Waals surface area contributed by atoms with Crippen LogP contribution >= 0.6 is 11.3 Å². The topological polar surface area (TPSA) is 67.3 Å². The standard InChI is InChI=1S/C11H14N6OS/c1-18-9-2-3-12-10(14-9)16-4-6-17(7-5-16)11-15-13-8-19-11/h2-3,8H,4-7H2,1H3. The number of hydrogen-bond donors (Lipinski definition) is 0. The summed E-state index contributed by atoms with van der Waals surface area (Å²) in [4.78, 5) is 13.0. The second-order valence-corrected chi connectivity index (χ2v) is 4.91. The smallest absolute Gasteiger partial charge is 0.228 e. The lowest BCUT2D eigenvalue weighted by Gasteiger charge is -2.34. The predicted molar refractivity (Wildman–Crippen MR) is 72.9 cm³/mol. The van der Waals surface area contributed by atoms with Gasteiger partial charge in [-0.05, 0) is 0 Å². The van der Waals surface area contributed by atoms with Gasteiger partial charge in [-0.25, -0.2) is 4.98 Å². The van der Waals surface area contributed by atoms with Gasteiger partial charge in [0.25, 0.3) is 0 Å². The first-order valence-electron chi connectivity index (χ1n) is 6.00. The maximum atomic E-state index is 5.12. The van der Waals surface area contributed by atoms with Crippen LogP contribution in [0.2, 0.25) is 0 Å². The molecule has 19 heavy (non-hydrogen) atoms. The molecule has 0 N–H and O–H groups in total. The van der Waals surface area contributed by atoms with E-state index < -0.39 is 0 Å². The van der Waals surface area contributed by atoms with Gasteiger partial charge in [-0.3, -0.25) is 0 Å². The van der Waals surface area contributed by atoms with Gasteiger partial charge in [-0.15, -0.1) is 10.2 Å². The highest BCUT2D eigenvalue weighted by atomic mass is 32.1. The number of piperazine rings is 1. The highest BCUT2D eigenvalue weighted by Gasteiger charge is 2.20. The van der Waals surface area contributed by atoms with E-state index in [9.17, 15) is 0 Å². The van der Waals surface area contributed by atoms with E-state index in [1.807, 2.05) is 0 Å². The van der Waals surface area contributed by atoms with Gasteiger partial charge in [-0.2, -0.15) is 4.98 Å². The fraction of sp³-hybridized carbons (Fsp3) is 0.455. The van der Waals surface area contributed by atoms with Crippen molar-refractivity contribution in [1.82, 2.24) is 20.2 Å². The first-order chi connectivity index (χ1) is 9.36. The molecule has 0 aliphatic carbocycles. The summed E-state index contributed by atoms with van der Waals surface area (Å²) in [6.45, 7) is 3.53. The van der Waals surface area contributed by atoms with Gasteiger partial charge >= 0.3 is 0 Å². The summed E-state index contributed by atoms with van der Waals surface area (Å²) >= 11 is 1.57. The van der Waals surface area contributed by atoms with Crippen LogP contribution in [0.15, 0.2) is 17.8 Å². The molecule has 0 radical (unpaired) electrons. The number of methoxy groups -OCH3 is 1. The normalized spacial score (nSPS) is 15.6. The third-order valence-electron chi connectivity index (χ3n) is 3.01. The zero-order chi connectivity index (χ0) is 13.1. The molecule has 0 atom stereocenters. The van der Waals surface area contributed by atoms with Crippen LogP contribution in [0.25, 0.3) is 0 Å². The molecule has 8 heteroatoms. The van der Waals surface area contributed by atoms with Gasteiger partial charge in [0.1, 0.15) is 5.51 Å². The van der Waals surface area contributed by atoms with Crippen molar-refractivity contribution >= 4 is 22.4 Å². The lowest BCUT2D eigenvalue weighted by atomic mass is 10.3. The number of rotatable bonds is 3. The quantitative estimate of drug-likeness (QED) is 0.817. The van der Waals surface area contributed by atoms with Crippen LogP contribution in [0.5, 0.6) is 5.88 Å². The fourth-order valence-corrected chi connectivity index (χ4v) is 2.62. The molecule has 100 valence electrons. The summed E-state index contributed by atoms with van der Waals surface area (Å²) in [5.74, 6) is 1.31. The Kier molecular flexibility index (Phi) is 3.41. The number of aromatic nitrogens is 4. The van der Waals surface area contributed by atoms with E-state index in [2.05, 4.69) is 30.0 Å². The molecule has 1 aliphatic heterocycles. The van der Waals surface area contributed by atoms with Gasteiger partial charge in [0.2, 0.25) is 17.0 Å². The van der Waals surface area contributed by atoms with Gasteiger partial charge in [0.05, 0.1) is 7.11 Å². The lowest BCUT2D eigenvalue weighted by Crippen LogP contribution is -2.47. The zero-order valence-electron chi connectivity index (χ0n) is 10.6. The summed E-state index contributed by atoms with van der Waals surface area (Å²) in [5, 5.41) is 8.94. The number of anilines is 2. The molecule has 3 rings (SSSR count). The molecule has 1 fully saturated rings. The van der Waals surface area contributed by atoms with E-state index in [-0.39, 0.29) is 0 Å². The Bertz CT molecular complexity index is 526. The van der Waals surface area contributed by atoms with Crippen molar-refractivity contribution in [2.24, 2.45) is 0 Å². The molecular formula is C11H14N6OS. The Morgan fingerprint density at radius 2 is 2.00 bits per heavy atom. The highest BCUT2D eigenvalue weighted by Crippen LogP contribution is 2.20. The van der Waals surface area contributed by atoms with Crippen molar-refractivity contribution in [3.8, 4) is 5.88 Å².